The first-order valence-corrected chi connectivity index (χ1v) is 8.31. The van der Waals surface area contributed by atoms with Gasteiger partial charge in [-0.15, -0.1) is 0 Å². The first-order chi connectivity index (χ1) is 8.79. The van der Waals surface area contributed by atoms with Gasteiger partial charge in [0.25, 0.3) is 0 Å². The van der Waals surface area contributed by atoms with Crippen LogP contribution in [0.5, 0.6) is 0 Å². The van der Waals surface area contributed by atoms with Gasteiger partial charge in [0.2, 0.25) is 0 Å². The Balaban J connectivity index is 1.49. The predicted molar refractivity (Wildman–Crippen MR) is 78.9 cm³/mol. The van der Waals surface area contributed by atoms with Gasteiger partial charge in [0.05, 0.1) is 0 Å². The average Bonchev–Trinajstić information content (AvgIpc) is 3.19. The molecule has 0 spiro atoms. The van der Waals surface area contributed by atoms with Crippen molar-refractivity contribution in [2.45, 2.75) is 64.2 Å². The maximum absolute atomic E-state index is 6.26. The molecule has 0 heterocycles. The fourth-order valence-electron chi connectivity index (χ4n) is 3.44. The number of allylic oxidation sites excluding steroid dienone is 4. The van der Waals surface area contributed by atoms with E-state index >= 15 is 0 Å². The summed E-state index contributed by atoms with van der Waals surface area (Å²) in [6.45, 7) is 0. The van der Waals surface area contributed by atoms with Crippen molar-refractivity contribution < 1.29 is 0 Å². The van der Waals surface area contributed by atoms with Crippen molar-refractivity contribution in [2.24, 2.45) is 11.8 Å². The SMILES string of the molecule is ClC1=C2CCCCC[C@H]3C(Cl)=C3CCCCC[C@@H]12. The summed E-state index contributed by atoms with van der Waals surface area (Å²) in [5.74, 6) is 1.37. The molecule has 2 atom stereocenters. The highest BCUT2D eigenvalue weighted by atomic mass is 35.5. The van der Waals surface area contributed by atoms with E-state index in [4.69, 9.17) is 23.2 Å². The maximum atomic E-state index is 6.26. The molecule has 0 aromatic carbocycles. The Morgan fingerprint density at radius 1 is 0.611 bits per heavy atom. The number of hydrogen-bond acceptors (Lipinski definition) is 0. The van der Waals surface area contributed by atoms with Crippen LogP contribution in [0.25, 0.3) is 0 Å². The fraction of sp³-hybridized carbons (Fsp3) is 0.750. The van der Waals surface area contributed by atoms with Gasteiger partial charge in [-0.2, -0.15) is 0 Å². The van der Waals surface area contributed by atoms with E-state index in [0.717, 1.165) is 0 Å². The van der Waals surface area contributed by atoms with Gasteiger partial charge >= 0.3 is 0 Å². The third-order valence-corrected chi connectivity index (χ3v) is 5.79. The minimum absolute atomic E-state index is 0.686. The second-order valence-electron chi connectivity index (χ2n) is 6.05. The molecule has 0 unspecified atom stereocenters. The van der Waals surface area contributed by atoms with Crippen LogP contribution < -0.4 is 0 Å². The van der Waals surface area contributed by atoms with Crippen molar-refractivity contribution in [3.8, 4) is 0 Å². The monoisotopic (exact) mass is 284 g/mol. The van der Waals surface area contributed by atoms with Gasteiger partial charge in [0, 0.05) is 21.9 Å². The number of fused-ring (bicyclic) bond motifs is 2. The molecule has 100 valence electrons. The van der Waals surface area contributed by atoms with Crippen molar-refractivity contribution in [3.63, 3.8) is 0 Å². The maximum Gasteiger partial charge on any atom is 0.0251 e. The fourth-order valence-corrected chi connectivity index (χ4v) is 4.27. The molecule has 3 rings (SSSR count). The Morgan fingerprint density at radius 2 is 1.06 bits per heavy atom. The summed E-state index contributed by atoms with van der Waals surface area (Å²) >= 11 is 12.5. The normalized spacial score (nSPS) is 33.7. The molecule has 0 aromatic rings. The van der Waals surface area contributed by atoms with Gasteiger partial charge in [0.1, 0.15) is 0 Å². The topological polar surface area (TPSA) is 0 Å². The number of rotatable bonds is 0. The van der Waals surface area contributed by atoms with E-state index in [1.165, 1.54) is 74.3 Å². The Labute approximate surface area is 120 Å². The van der Waals surface area contributed by atoms with Crippen molar-refractivity contribution in [3.05, 3.63) is 21.2 Å². The van der Waals surface area contributed by atoms with Crippen molar-refractivity contribution >= 4 is 23.2 Å². The second-order valence-corrected chi connectivity index (χ2v) is 6.86. The molecule has 0 aromatic heterocycles. The molecule has 0 bridgehead atoms. The molecule has 0 amide bonds. The Bertz CT molecular complexity index is 354. The molecule has 0 N–H and O–H groups in total. The molecule has 1 saturated carbocycles. The van der Waals surface area contributed by atoms with E-state index in [1.54, 1.807) is 11.1 Å². The minimum Gasteiger partial charge on any atom is -0.0885 e. The van der Waals surface area contributed by atoms with Crippen LogP contribution in [0.15, 0.2) is 21.2 Å². The minimum atomic E-state index is 0.686. The molecule has 0 nitrogen and oxygen atoms in total. The average molecular weight is 285 g/mol. The van der Waals surface area contributed by atoms with E-state index in [1.807, 2.05) is 0 Å². The molecule has 3 aliphatic carbocycles. The Morgan fingerprint density at radius 3 is 1.50 bits per heavy atom. The van der Waals surface area contributed by atoms with E-state index in [9.17, 15) is 0 Å². The van der Waals surface area contributed by atoms with Gasteiger partial charge in [-0.1, -0.05) is 48.9 Å². The zero-order chi connectivity index (χ0) is 12.5. The smallest absolute Gasteiger partial charge is 0.0251 e. The van der Waals surface area contributed by atoms with E-state index in [-0.39, 0.29) is 0 Å². The van der Waals surface area contributed by atoms with E-state index in [2.05, 4.69) is 0 Å². The van der Waals surface area contributed by atoms with Crippen molar-refractivity contribution in [1.82, 2.24) is 0 Å². The molecule has 1 fully saturated rings. The van der Waals surface area contributed by atoms with E-state index < -0.39 is 0 Å². The largest absolute Gasteiger partial charge is 0.0885 e. The Hall–Kier alpha value is 0.0600. The lowest BCUT2D eigenvalue weighted by atomic mass is 10.0. The van der Waals surface area contributed by atoms with Crippen LogP contribution in [0.3, 0.4) is 0 Å². The molecule has 0 radical (unpaired) electrons. The summed E-state index contributed by atoms with van der Waals surface area (Å²) in [6, 6.07) is 0. The third-order valence-electron chi connectivity index (χ3n) is 4.78. The molecule has 18 heavy (non-hydrogen) atoms. The van der Waals surface area contributed by atoms with Gasteiger partial charge in [-0.25, -0.2) is 0 Å². The zero-order valence-corrected chi connectivity index (χ0v) is 12.5. The first kappa shape index (κ1) is 13.1. The molecule has 2 heteroatoms. The lowest BCUT2D eigenvalue weighted by Gasteiger charge is -2.05. The summed E-state index contributed by atoms with van der Waals surface area (Å²) in [5.41, 5.74) is 3.16. The van der Waals surface area contributed by atoms with Gasteiger partial charge in [-0.3, -0.25) is 0 Å². The summed E-state index contributed by atoms with van der Waals surface area (Å²) in [6.07, 6.45) is 13.1. The molecular weight excluding hydrogens is 263 g/mol. The third kappa shape index (κ3) is 2.80. The lowest BCUT2D eigenvalue weighted by Crippen LogP contribution is -1.89. The van der Waals surface area contributed by atoms with E-state index in [0.29, 0.717) is 11.8 Å². The van der Waals surface area contributed by atoms with Crippen LogP contribution in [0.2, 0.25) is 0 Å². The van der Waals surface area contributed by atoms with Crippen LogP contribution in [-0.4, -0.2) is 0 Å². The van der Waals surface area contributed by atoms with Crippen LogP contribution in [0, 0.1) is 11.8 Å². The highest BCUT2D eigenvalue weighted by Crippen LogP contribution is 2.50. The molecular formula is C16H22Cl2. The summed E-state index contributed by atoms with van der Waals surface area (Å²) in [5, 5.41) is 2.41. The van der Waals surface area contributed by atoms with Gasteiger partial charge in [0.15, 0.2) is 0 Å². The van der Waals surface area contributed by atoms with Crippen LogP contribution >= 0.6 is 23.2 Å². The lowest BCUT2D eigenvalue weighted by molar-refractivity contribution is 0.568. The molecule has 3 aliphatic rings. The standard InChI is InChI=1S/C16H22Cl2/c17-15-11-7-3-1-4-8-12-14(16(12)18)10-6-2-5-9-13(11)15/h11,14H,1-10H2/t11-,14-/m1/s1. The number of halogens is 2. The highest BCUT2D eigenvalue weighted by molar-refractivity contribution is 6.33. The van der Waals surface area contributed by atoms with Gasteiger partial charge < -0.3 is 0 Å². The van der Waals surface area contributed by atoms with Gasteiger partial charge in [-0.05, 0) is 49.7 Å². The zero-order valence-electron chi connectivity index (χ0n) is 11.0. The van der Waals surface area contributed by atoms with Crippen LogP contribution in [0.4, 0.5) is 0 Å². The molecule has 0 aliphatic heterocycles. The van der Waals surface area contributed by atoms with Crippen molar-refractivity contribution in [2.75, 3.05) is 0 Å². The quantitative estimate of drug-likeness (QED) is 0.501. The summed E-state index contributed by atoms with van der Waals surface area (Å²) in [4.78, 5) is 0. The molecule has 0 saturated heterocycles. The van der Waals surface area contributed by atoms with Crippen LogP contribution in [0.1, 0.15) is 64.2 Å². The predicted octanol–water partition coefficient (Wildman–Crippen LogP) is 6.15. The van der Waals surface area contributed by atoms with Crippen LogP contribution in [-0.2, 0) is 0 Å². The number of hydrogen-bond donors (Lipinski definition) is 0. The second kappa shape index (κ2) is 5.59. The summed E-state index contributed by atoms with van der Waals surface area (Å²) < 4.78 is 0. The Kier molecular flexibility index (Phi) is 4.06. The highest BCUT2D eigenvalue weighted by Gasteiger charge is 2.35. The first-order valence-electron chi connectivity index (χ1n) is 7.56. The van der Waals surface area contributed by atoms with Crippen molar-refractivity contribution in [1.29, 1.82) is 0 Å². The summed E-state index contributed by atoms with van der Waals surface area (Å²) in [7, 11) is 0.